The van der Waals surface area contributed by atoms with E-state index in [4.69, 9.17) is 13.9 Å². The molecule has 1 aliphatic rings. The van der Waals surface area contributed by atoms with E-state index < -0.39 is 0 Å². The molecule has 0 atom stereocenters. The van der Waals surface area contributed by atoms with Crippen LogP contribution in [0, 0.1) is 5.82 Å². The Hall–Kier alpha value is -3.12. The van der Waals surface area contributed by atoms with Crippen molar-refractivity contribution < 1.29 is 23.1 Å². The van der Waals surface area contributed by atoms with Crippen molar-refractivity contribution >= 4 is 22.4 Å². The number of hydrogen-bond donors (Lipinski definition) is 0. The van der Waals surface area contributed by atoms with Gasteiger partial charge in [0.1, 0.15) is 17.1 Å². The number of rotatable bonds is 5. The molecule has 0 aliphatic carbocycles. The zero-order chi connectivity index (χ0) is 21.1. The highest BCUT2D eigenvalue weighted by atomic mass is 19.1. The second-order valence-electron chi connectivity index (χ2n) is 7.20. The number of halogens is 1. The van der Waals surface area contributed by atoms with Gasteiger partial charge in [0.25, 0.3) is 0 Å². The number of nitrogens with zero attached hydrogens (tertiary/aromatic N) is 1. The number of allylic oxidation sites excluding steroid dienone is 1. The van der Waals surface area contributed by atoms with Gasteiger partial charge >= 0.3 is 0 Å². The predicted molar refractivity (Wildman–Crippen MR) is 114 cm³/mol. The summed E-state index contributed by atoms with van der Waals surface area (Å²) in [7, 11) is 0. The summed E-state index contributed by atoms with van der Waals surface area (Å²) in [5.74, 6) is 0.337. The molecule has 0 bridgehead atoms. The first-order valence-electron chi connectivity index (χ1n) is 10.1. The van der Waals surface area contributed by atoms with Gasteiger partial charge in [-0.3, -0.25) is 4.79 Å². The lowest BCUT2D eigenvalue weighted by molar-refractivity contribution is -0.129. The first-order chi connectivity index (χ1) is 14.6. The van der Waals surface area contributed by atoms with Crippen LogP contribution in [0.15, 0.2) is 53.2 Å². The van der Waals surface area contributed by atoms with E-state index >= 15 is 0 Å². The van der Waals surface area contributed by atoms with Crippen LogP contribution in [0.4, 0.5) is 4.39 Å². The van der Waals surface area contributed by atoms with Crippen molar-refractivity contribution in [3.05, 3.63) is 60.1 Å². The van der Waals surface area contributed by atoms with Crippen LogP contribution in [0.1, 0.15) is 19.4 Å². The van der Waals surface area contributed by atoms with Gasteiger partial charge in [0.05, 0.1) is 26.1 Å². The zero-order valence-electron chi connectivity index (χ0n) is 17.1. The number of hydrogen-bond acceptors (Lipinski definition) is 4. The van der Waals surface area contributed by atoms with Crippen molar-refractivity contribution in [3.63, 3.8) is 0 Å². The minimum atomic E-state index is -0.286. The van der Waals surface area contributed by atoms with Crippen molar-refractivity contribution in [1.82, 2.24) is 4.90 Å². The van der Waals surface area contributed by atoms with Gasteiger partial charge in [-0.2, -0.15) is 0 Å². The van der Waals surface area contributed by atoms with Gasteiger partial charge in [0.15, 0.2) is 0 Å². The van der Waals surface area contributed by atoms with Gasteiger partial charge in [-0.05, 0) is 43.2 Å². The first-order valence-corrected chi connectivity index (χ1v) is 10.1. The highest BCUT2D eigenvalue weighted by Crippen LogP contribution is 2.37. The average molecular weight is 409 g/mol. The molecule has 30 heavy (non-hydrogen) atoms. The zero-order valence-corrected chi connectivity index (χ0v) is 17.1. The Kier molecular flexibility index (Phi) is 5.86. The van der Waals surface area contributed by atoms with Gasteiger partial charge in [0.2, 0.25) is 5.91 Å². The fourth-order valence-electron chi connectivity index (χ4n) is 3.63. The summed E-state index contributed by atoms with van der Waals surface area (Å²) < 4.78 is 30.2. The minimum absolute atomic E-state index is 0.0377. The molecule has 1 saturated heterocycles. The molecule has 0 N–H and O–H groups in total. The van der Waals surface area contributed by atoms with E-state index in [9.17, 15) is 9.18 Å². The van der Waals surface area contributed by atoms with Crippen molar-refractivity contribution in [1.29, 1.82) is 0 Å². The molecule has 5 nitrogen and oxygen atoms in total. The molecule has 3 aromatic rings. The lowest BCUT2D eigenvalue weighted by Crippen LogP contribution is -2.39. The van der Waals surface area contributed by atoms with Crippen LogP contribution in [0.3, 0.4) is 0 Å². The van der Waals surface area contributed by atoms with E-state index in [0.29, 0.717) is 44.2 Å². The highest BCUT2D eigenvalue weighted by molar-refractivity contribution is 6.00. The minimum Gasteiger partial charge on any atom is -0.493 e. The maximum atomic E-state index is 13.3. The van der Waals surface area contributed by atoms with Crippen molar-refractivity contribution in [2.45, 2.75) is 13.8 Å². The quantitative estimate of drug-likeness (QED) is 0.563. The van der Waals surface area contributed by atoms with E-state index in [2.05, 4.69) is 0 Å². The number of amides is 1. The molecule has 1 fully saturated rings. The molecular weight excluding hydrogens is 385 g/mol. The van der Waals surface area contributed by atoms with Crippen LogP contribution < -0.4 is 4.74 Å². The summed E-state index contributed by atoms with van der Waals surface area (Å²) in [4.78, 5) is 14.5. The molecule has 2 aromatic carbocycles. The third kappa shape index (κ3) is 4.09. The molecule has 0 saturated carbocycles. The number of morpholine rings is 1. The monoisotopic (exact) mass is 409 g/mol. The summed E-state index contributed by atoms with van der Waals surface area (Å²) in [6, 6.07) is 10.1. The number of fused-ring (bicyclic) bond motifs is 1. The van der Waals surface area contributed by atoms with Gasteiger partial charge in [-0.1, -0.05) is 12.1 Å². The third-order valence-electron chi connectivity index (χ3n) is 5.22. The number of furan rings is 1. The van der Waals surface area contributed by atoms with Crippen molar-refractivity contribution in [2.75, 3.05) is 32.9 Å². The van der Waals surface area contributed by atoms with Crippen LogP contribution in [0.25, 0.3) is 27.7 Å². The Labute approximate surface area is 174 Å². The fourth-order valence-corrected chi connectivity index (χ4v) is 3.63. The second kappa shape index (κ2) is 8.71. The normalized spacial score (nSPS) is 14.9. The summed E-state index contributed by atoms with van der Waals surface area (Å²) in [6.07, 6.45) is 3.31. The van der Waals surface area contributed by atoms with E-state index in [1.165, 1.54) is 12.1 Å². The SMILES string of the molecule is CCOc1cc2occ(-c3ccc(F)cc3)c2cc1/C(C)=C/C(=O)N1CCOCC1. The van der Waals surface area contributed by atoms with Gasteiger partial charge < -0.3 is 18.8 Å². The summed E-state index contributed by atoms with van der Waals surface area (Å²) in [5.41, 5.74) is 4.03. The molecule has 0 radical (unpaired) electrons. The summed E-state index contributed by atoms with van der Waals surface area (Å²) in [5, 5.41) is 0.881. The Morgan fingerprint density at radius 1 is 1.20 bits per heavy atom. The van der Waals surface area contributed by atoms with Gasteiger partial charge in [0, 0.05) is 41.7 Å². The van der Waals surface area contributed by atoms with Crippen LogP contribution >= 0.6 is 0 Å². The topological polar surface area (TPSA) is 51.9 Å². The number of benzene rings is 2. The lowest BCUT2D eigenvalue weighted by Gasteiger charge is -2.26. The Morgan fingerprint density at radius 2 is 1.93 bits per heavy atom. The van der Waals surface area contributed by atoms with E-state index in [1.54, 1.807) is 29.4 Å². The van der Waals surface area contributed by atoms with E-state index in [0.717, 1.165) is 27.6 Å². The Morgan fingerprint density at radius 3 is 2.63 bits per heavy atom. The molecule has 2 heterocycles. The Bertz CT molecular complexity index is 1080. The van der Waals surface area contributed by atoms with E-state index in [-0.39, 0.29) is 11.7 Å². The third-order valence-corrected chi connectivity index (χ3v) is 5.22. The standard InChI is InChI=1S/C24H24FNO4/c1-3-29-22-14-23-20(21(15-30-23)17-4-6-18(25)7-5-17)13-19(22)16(2)12-24(27)26-8-10-28-11-9-26/h4-7,12-15H,3,8-11H2,1-2H3/b16-12+. The number of carbonyl (C=O) groups is 1. The van der Waals surface area contributed by atoms with Crippen molar-refractivity contribution in [3.8, 4) is 16.9 Å². The van der Waals surface area contributed by atoms with Gasteiger partial charge in [-0.25, -0.2) is 4.39 Å². The largest absolute Gasteiger partial charge is 0.493 e. The molecule has 1 aliphatic heterocycles. The van der Waals surface area contributed by atoms with Crippen LogP contribution in [-0.2, 0) is 9.53 Å². The molecule has 4 rings (SSSR count). The van der Waals surface area contributed by atoms with Gasteiger partial charge in [-0.15, -0.1) is 0 Å². The maximum Gasteiger partial charge on any atom is 0.247 e. The number of ether oxygens (including phenoxy) is 2. The molecule has 6 heteroatoms. The second-order valence-corrected chi connectivity index (χ2v) is 7.20. The van der Waals surface area contributed by atoms with Crippen molar-refractivity contribution in [2.24, 2.45) is 0 Å². The highest BCUT2D eigenvalue weighted by Gasteiger charge is 2.18. The lowest BCUT2D eigenvalue weighted by atomic mass is 9.99. The molecule has 1 amide bonds. The fraction of sp³-hybridized carbons (Fsp3) is 0.292. The van der Waals surface area contributed by atoms with Crippen LogP contribution in [0.2, 0.25) is 0 Å². The maximum absolute atomic E-state index is 13.3. The molecular formula is C24H24FNO4. The summed E-state index contributed by atoms with van der Waals surface area (Å²) in [6.45, 7) is 6.62. The summed E-state index contributed by atoms with van der Waals surface area (Å²) >= 11 is 0. The molecule has 1 aromatic heterocycles. The predicted octanol–water partition coefficient (Wildman–Crippen LogP) is 4.90. The molecule has 0 unspecified atom stereocenters. The molecule has 156 valence electrons. The average Bonchev–Trinajstić information content (AvgIpc) is 3.17. The first kappa shape index (κ1) is 20.2. The van der Waals surface area contributed by atoms with Crippen LogP contribution in [-0.4, -0.2) is 43.7 Å². The van der Waals surface area contributed by atoms with Crippen LogP contribution in [0.5, 0.6) is 5.75 Å². The number of carbonyl (C=O) groups excluding carboxylic acids is 1. The van der Waals surface area contributed by atoms with E-state index in [1.807, 2.05) is 26.0 Å². The smallest absolute Gasteiger partial charge is 0.247 e. The molecule has 0 spiro atoms. The Balaban J connectivity index is 1.75.